The van der Waals surface area contributed by atoms with Crippen LogP contribution in [0.1, 0.15) is 285 Å². The number of quaternary nitrogens is 1. The fraction of sp³-hybridized carbons (Fsp3) is 1.00. The summed E-state index contributed by atoms with van der Waals surface area (Å²) >= 11 is 0. The zero-order chi connectivity index (χ0) is 40.1. The molecule has 0 aromatic carbocycles. The Morgan fingerprint density at radius 2 is 0.407 bits per heavy atom. The SMILES string of the molecule is CCCCCCCCCCCC[N+](CCCCCCCCCCCC)(CCCCCCCCCCCC)CCCCCCCCCCCC.O=S(=O)([O-])O. The monoisotopic (exact) mass is 788 g/mol. The van der Waals surface area contributed by atoms with E-state index >= 15 is 0 Å². The topological polar surface area (TPSA) is 77.4 Å². The number of unbranched alkanes of at least 4 members (excludes halogenated alkanes) is 36. The molecule has 0 aliphatic carbocycles. The van der Waals surface area contributed by atoms with Crippen LogP contribution in [0.25, 0.3) is 0 Å². The van der Waals surface area contributed by atoms with Gasteiger partial charge in [0.15, 0.2) is 0 Å². The smallest absolute Gasteiger partial charge is 0.215 e. The predicted octanol–water partition coefficient (Wildman–Crippen LogP) is 16.5. The first-order chi connectivity index (χ1) is 26.2. The zero-order valence-corrected chi connectivity index (χ0v) is 38.5. The molecule has 0 aliphatic rings. The van der Waals surface area contributed by atoms with Crippen LogP contribution >= 0.6 is 0 Å². The summed E-state index contributed by atoms with van der Waals surface area (Å²) in [4.78, 5) is 0. The van der Waals surface area contributed by atoms with E-state index in [0.29, 0.717) is 0 Å². The van der Waals surface area contributed by atoms with Gasteiger partial charge in [-0.25, -0.2) is 8.42 Å². The van der Waals surface area contributed by atoms with E-state index in [1.807, 2.05) is 0 Å². The number of hydrogen-bond acceptors (Lipinski definition) is 3. The molecule has 5 nitrogen and oxygen atoms in total. The van der Waals surface area contributed by atoms with Gasteiger partial charge in [-0.05, 0) is 51.4 Å². The van der Waals surface area contributed by atoms with Crippen molar-refractivity contribution in [3.8, 4) is 0 Å². The van der Waals surface area contributed by atoms with Crippen LogP contribution < -0.4 is 0 Å². The summed E-state index contributed by atoms with van der Waals surface area (Å²) in [6.45, 7) is 15.3. The molecule has 6 heteroatoms. The molecule has 0 saturated heterocycles. The van der Waals surface area contributed by atoms with Crippen molar-refractivity contribution in [2.24, 2.45) is 0 Å². The van der Waals surface area contributed by atoms with E-state index in [2.05, 4.69) is 27.7 Å². The zero-order valence-electron chi connectivity index (χ0n) is 37.6. The van der Waals surface area contributed by atoms with Gasteiger partial charge in [0, 0.05) is 0 Å². The molecule has 0 rings (SSSR count). The number of rotatable bonds is 44. The van der Waals surface area contributed by atoms with E-state index in [1.54, 1.807) is 0 Å². The Labute approximate surface area is 341 Å². The normalized spacial score (nSPS) is 12.0. The summed E-state index contributed by atoms with van der Waals surface area (Å²) in [5.74, 6) is 0. The Bertz CT molecular complexity index is 680. The standard InChI is InChI=1S/C48H100N.H2O4S/c1-5-9-13-17-21-25-29-33-37-41-45-49(46-42-38-34-30-26-22-18-14-10-6-2,47-43-39-35-31-27-23-19-15-11-7-3)48-44-40-36-32-28-24-20-16-12-8-4;1-5(2,3)4/h5-48H2,1-4H3;(H2,1,2,3,4)/q+1;/p-1. The van der Waals surface area contributed by atoms with Gasteiger partial charge in [0.2, 0.25) is 10.4 Å². The molecule has 0 radical (unpaired) electrons. The lowest BCUT2D eigenvalue weighted by atomic mass is 10.0. The lowest BCUT2D eigenvalue weighted by Gasteiger charge is -2.40. The highest BCUT2D eigenvalue weighted by Gasteiger charge is 2.25. The molecular weight excluding hydrogens is 687 g/mol. The third-order valence-corrected chi connectivity index (χ3v) is 11.9. The number of nitrogens with zero attached hydrogens (tertiary/aromatic N) is 1. The first-order valence-corrected chi connectivity index (χ1v) is 26.1. The molecule has 0 unspecified atom stereocenters. The van der Waals surface area contributed by atoms with Gasteiger partial charge in [-0.2, -0.15) is 0 Å². The van der Waals surface area contributed by atoms with Gasteiger partial charge < -0.3 is 9.04 Å². The quantitative estimate of drug-likeness (QED) is 0.0289. The molecule has 0 fully saturated rings. The van der Waals surface area contributed by atoms with Crippen molar-refractivity contribution >= 4 is 10.4 Å². The maximum Gasteiger partial charge on any atom is 0.215 e. The molecule has 0 aromatic heterocycles. The minimum Gasteiger partial charge on any atom is -0.726 e. The van der Waals surface area contributed by atoms with E-state index < -0.39 is 10.4 Å². The average molecular weight is 788 g/mol. The van der Waals surface area contributed by atoms with Gasteiger partial charge >= 0.3 is 0 Å². The van der Waals surface area contributed by atoms with Crippen molar-refractivity contribution < 1.29 is 22.0 Å². The minimum absolute atomic E-state index is 1.37. The molecule has 1 N–H and O–H groups in total. The molecule has 0 bridgehead atoms. The Morgan fingerprint density at radius 3 is 0.537 bits per heavy atom. The van der Waals surface area contributed by atoms with Crippen LogP contribution in [-0.4, -0.2) is 48.2 Å². The van der Waals surface area contributed by atoms with E-state index in [4.69, 9.17) is 17.5 Å². The highest BCUT2D eigenvalue weighted by molar-refractivity contribution is 7.79. The van der Waals surface area contributed by atoms with Gasteiger partial charge in [0.1, 0.15) is 0 Å². The summed E-state index contributed by atoms with van der Waals surface area (Å²) in [5.41, 5.74) is 0. The fourth-order valence-corrected chi connectivity index (χ4v) is 8.41. The van der Waals surface area contributed by atoms with Gasteiger partial charge in [0.25, 0.3) is 0 Å². The fourth-order valence-electron chi connectivity index (χ4n) is 8.41. The van der Waals surface area contributed by atoms with Crippen LogP contribution in [0.4, 0.5) is 0 Å². The largest absolute Gasteiger partial charge is 0.726 e. The maximum absolute atomic E-state index is 8.63. The van der Waals surface area contributed by atoms with Gasteiger partial charge in [-0.3, -0.25) is 4.55 Å². The van der Waals surface area contributed by atoms with Crippen LogP contribution in [0.2, 0.25) is 0 Å². The second-order valence-corrected chi connectivity index (χ2v) is 18.2. The molecule has 0 saturated carbocycles. The second-order valence-electron chi connectivity index (χ2n) is 17.4. The van der Waals surface area contributed by atoms with Gasteiger partial charge in [0.05, 0.1) is 26.2 Å². The Balaban J connectivity index is 0. The summed E-state index contributed by atoms with van der Waals surface area (Å²) in [6.07, 6.45) is 58.7. The average Bonchev–Trinajstić information content (AvgIpc) is 3.14. The van der Waals surface area contributed by atoms with Crippen LogP contribution in [0, 0.1) is 0 Å². The number of hydrogen-bond donors (Lipinski definition) is 1. The lowest BCUT2D eigenvalue weighted by molar-refractivity contribution is -0.929. The van der Waals surface area contributed by atoms with E-state index in [0.717, 1.165) is 0 Å². The van der Waals surface area contributed by atoms with Gasteiger partial charge in [-0.1, -0.05) is 233 Å². The van der Waals surface area contributed by atoms with Crippen molar-refractivity contribution in [1.29, 1.82) is 0 Å². The molecule has 0 aliphatic heterocycles. The maximum atomic E-state index is 8.63. The molecule has 328 valence electrons. The summed E-state index contributed by atoms with van der Waals surface area (Å²) in [6, 6.07) is 0. The van der Waals surface area contributed by atoms with Crippen molar-refractivity contribution in [1.82, 2.24) is 0 Å². The summed E-state index contributed by atoms with van der Waals surface area (Å²) in [7, 11) is -4.92. The van der Waals surface area contributed by atoms with Crippen molar-refractivity contribution in [2.75, 3.05) is 26.2 Å². The first kappa shape index (κ1) is 55.9. The highest BCUT2D eigenvalue weighted by atomic mass is 32.3. The molecule has 0 amide bonds. The van der Waals surface area contributed by atoms with Crippen LogP contribution in [-0.2, 0) is 10.4 Å². The highest BCUT2D eigenvalue weighted by Crippen LogP contribution is 2.22. The van der Waals surface area contributed by atoms with Crippen molar-refractivity contribution in [2.45, 2.75) is 285 Å². The third kappa shape index (κ3) is 49.8. The molecule has 54 heavy (non-hydrogen) atoms. The first-order valence-electron chi connectivity index (χ1n) is 24.8. The third-order valence-electron chi connectivity index (χ3n) is 11.9. The van der Waals surface area contributed by atoms with E-state index in [9.17, 15) is 0 Å². The van der Waals surface area contributed by atoms with E-state index in [-0.39, 0.29) is 0 Å². The summed E-state index contributed by atoms with van der Waals surface area (Å²) in [5, 5.41) is 0. The minimum atomic E-state index is -4.92. The predicted molar refractivity (Wildman–Crippen MR) is 239 cm³/mol. The molecular formula is C48H101NO4S. The molecule has 0 aromatic rings. The lowest BCUT2D eigenvalue weighted by Crippen LogP contribution is -2.50. The Kier molecular flexibility index (Phi) is 47.2. The molecule has 0 heterocycles. The summed E-state index contributed by atoms with van der Waals surface area (Å²) < 4.78 is 34.3. The molecule has 0 spiro atoms. The molecule has 0 atom stereocenters. The van der Waals surface area contributed by atoms with Gasteiger partial charge in [-0.15, -0.1) is 0 Å². The van der Waals surface area contributed by atoms with Crippen LogP contribution in [0.15, 0.2) is 0 Å². The van der Waals surface area contributed by atoms with Crippen molar-refractivity contribution in [3.05, 3.63) is 0 Å². The van der Waals surface area contributed by atoms with Crippen LogP contribution in [0.5, 0.6) is 0 Å². The van der Waals surface area contributed by atoms with E-state index in [1.165, 1.54) is 287 Å². The van der Waals surface area contributed by atoms with Crippen LogP contribution in [0.3, 0.4) is 0 Å². The second kappa shape index (κ2) is 45.5. The Morgan fingerprint density at radius 1 is 0.296 bits per heavy atom. The van der Waals surface area contributed by atoms with Crippen molar-refractivity contribution in [3.63, 3.8) is 0 Å². The Hall–Kier alpha value is -0.170.